The highest BCUT2D eigenvalue weighted by molar-refractivity contribution is 5.85. The van der Waals surface area contributed by atoms with E-state index in [9.17, 15) is 0 Å². The fourth-order valence-corrected chi connectivity index (χ4v) is 2.23. The SMILES string of the molecule is Cl.c1ccc(COCCNC2CCCC2)cc1. The van der Waals surface area contributed by atoms with E-state index in [1.165, 1.54) is 31.2 Å². The van der Waals surface area contributed by atoms with E-state index in [0.717, 1.165) is 25.8 Å². The van der Waals surface area contributed by atoms with Gasteiger partial charge in [0.2, 0.25) is 0 Å². The fraction of sp³-hybridized carbons (Fsp3) is 0.571. The van der Waals surface area contributed by atoms with Crippen molar-refractivity contribution in [1.29, 1.82) is 0 Å². The molecule has 96 valence electrons. The molecule has 0 aliphatic heterocycles. The third kappa shape index (κ3) is 5.53. The van der Waals surface area contributed by atoms with E-state index in [1.807, 2.05) is 6.07 Å². The summed E-state index contributed by atoms with van der Waals surface area (Å²) < 4.78 is 5.62. The molecule has 0 radical (unpaired) electrons. The molecule has 0 atom stereocenters. The molecule has 0 saturated heterocycles. The van der Waals surface area contributed by atoms with Crippen molar-refractivity contribution in [3.63, 3.8) is 0 Å². The van der Waals surface area contributed by atoms with Crippen molar-refractivity contribution in [3.8, 4) is 0 Å². The van der Waals surface area contributed by atoms with Gasteiger partial charge in [-0.05, 0) is 18.4 Å². The van der Waals surface area contributed by atoms with Crippen LogP contribution in [0.1, 0.15) is 31.2 Å². The average molecular weight is 256 g/mol. The smallest absolute Gasteiger partial charge is 0.0717 e. The van der Waals surface area contributed by atoms with Gasteiger partial charge in [-0.25, -0.2) is 0 Å². The topological polar surface area (TPSA) is 21.3 Å². The minimum atomic E-state index is 0. The Kier molecular flexibility index (Phi) is 7.25. The Morgan fingerprint density at radius 1 is 1.12 bits per heavy atom. The summed E-state index contributed by atoms with van der Waals surface area (Å²) >= 11 is 0. The fourth-order valence-electron chi connectivity index (χ4n) is 2.23. The standard InChI is InChI=1S/C14H21NO.ClH/c1-2-6-13(7-3-1)12-16-11-10-15-14-8-4-5-9-14;/h1-3,6-7,14-15H,4-5,8-12H2;1H. The van der Waals surface area contributed by atoms with Crippen LogP contribution in [0.4, 0.5) is 0 Å². The summed E-state index contributed by atoms with van der Waals surface area (Å²) in [5.74, 6) is 0. The first-order valence-electron chi connectivity index (χ1n) is 6.30. The Labute approximate surface area is 110 Å². The van der Waals surface area contributed by atoms with Gasteiger partial charge < -0.3 is 10.1 Å². The van der Waals surface area contributed by atoms with Gasteiger partial charge in [-0.15, -0.1) is 12.4 Å². The van der Waals surface area contributed by atoms with Gasteiger partial charge in [-0.3, -0.25) is 0 Å². The van der Waals surface area contributed by atoms with Crippen molar-refractivity contribution in [2.75, 3.05) is 13.2 Å². The molecule has 1 fully saturated rings. The van der Waals surface area contributed by atoms with Gasteiger partial charge in [-0.1, -0.05) is 43.2 Å². The first-order valence-corrected chi connectivity index (χ1v) is 6.30. The first kappa shape index (κ1) is 14.5. The van der Waals surface area contributed by atoms with Crippen LogP contribution in [-0.4, -0.2) is 19.2 Å². The van der Waals surface area contributed by atoms with Crippen molar-refractivity contribution in [2.24, 2.45) is 0 Å². The first-order chi connectivity index (χ1) is 7.95. The van der Waals surface area contributed by atoms with Crippen LogP contribution in [0.5, 0.6) is 0 Å². The molecule has 17 heavy (non-hydrogen) atoms. The maximum atomic E-state index is 5.62. The minimum Gasteiger partial charge on any atom is -0.375 e. The summed E-state index contributed by atoms with van der Waals surface area (Å²) in [6, 6.07) is 11.1. The monoisotopic (exact) mass is 255 g/mol. The summed E-state index contributed by atoms with van der Waals surface area (Å²) in [6.07, 6.45) is 5.47. The van der Waals surface area contributed by atoms with Crippen LogP contribution in [-0.2, 0) is 11.3 Å². The van der Waals surface area contributed by atoms with Gasteiger partial charge in [-0.2, -0.15) is 0 Å². The van der Waals surface area contributed by atoms with Gasteiger partial charge in [0.25, 0.3) is 0 Å². The molecular weight excluding hydrogens is 234 g/mol. The van der Waals surface area contributed by atoms with Crippen molar-refractivity contribution >= 4 is 12.4 Å². The van der Waals surface area contributed by atoms with Crippen LogP contribution in [0.2, 0.25) is 0 Å². The molecule has 0 amide bonds. The highest BCUT2D eigenvalue weighted by Crippen LogP contribution is 2.17. The molecule has 1 aliphatic rings. The predicted octanol–water partition coefficient (Wildman–Crippen LogP) is 3.16. The number of nitrogens with one attached hydrogen (secondary N) is 1. The van der Waals surface area contributed by atoms with Crippen molar-refractivity contribution in [2.45, 2.75) is 38.3 Å². The zero-order valence-electron chi connectivity index (χ0n) is 10.2. The summed E-state index contributed by atoms with van der Waals surface area (Å²) in [7, 11) is 0. The summed E-state index contributed by atoms with van der Waals surface area (Å²) in [5.41, 5.74) is 1.25. The summed E-state index contributed by atoms with van der Waals surface area (Å²) in [5, 5.41) is 3.54. The molecule has 0 bridgehead atoms. The average Bonchev–Trinajstić information content (AvgIpc) is 2.83. The second-order valence-corrected chi connectivity index (χ2v) is 4.47. The largest absolute Gasteiger partial charge is 0.375 e. The van der Waals surface area contributed by atoms with Crippen LogP contribution in [0.25, 0.3) is 0 Å². The number of halogens is 1. The highest BCUT2D eigenvalue weighted by atomic mass is 35.5. The molecule has 3 heteroatoms. The Balaban J connectivity index is 0.00000144. The van der Waals surface area contributed by atoms with E-state index in [-0.39, 0.29) is 12.4 Å². The van der Waals surface area contributed by atoms with Crippen LogP contribution in [0.3, 0.4) is 0 Å². The maximum absolute atomic E-state index is 5.62. The molecule has 1 aromatic rings. The van der Waals surface area contributed by atoms with Crippen molar-refractivity contribution in [1.82, 2.24) is 5.32 Å². The quantitative estimate of drug-likeness (QED) is 0.789. The Morgan fingerprint density at radius 3 is 2.53 bits per heavy atom. The third-order valence-corrected chi connectivity index (χ3v) is 3.15. The van der Waals surface area contributed by atoms with Crippen LogP contribution in [0, 0.1) is 0 Å². The summed E-state index contributed by atoms with van der Waals surface area (Å²) in [4.78, 5) is 0. The van der Waals surface area contributed by atoms with E-state index in [0.29, 0.717) is 0 Å². The molecule has 1 aromatic carbocycles. The zero-order valence-corrected chi connectivity index (χ0v) is 11.0. The number of hydrogen-bond donors (Lipinski definition) is 1. The molecule has 0 heterocycles. The maximum Gasteiger partial charge on any atom is 0.0717 e. The van der Waals surface area contributed by atoms with Crippen LogP contribution >= 0.6 is 12.4 Å². The lowest BCUT2D eigenvalue weighted by Crippen LogP contribution is -2.29. The second kappa shape index (κ2) is 8.51. The van der Waals surface area contributed by atoms with E-state index in [1.54, 1.807) is 0 Å². The van der Waals surface area contributed by atoms with Crippen molar-refractivity contribution < 1.29 is 4.74 Å². The lowest BCUT2D eigenvalue weighted by Gasteiger charge is -2.11. The lowest BCUT2D eigenvalue weighted by molar-refractivity contribution is 0.121. The van der Waals surface area contributed by atoms with E-state index >= 15 is 0 Å². The molecule has 1 aliphatic carbocycles. The van der Waals surface area contributed by atoms with Crippen LogP contribution in [0.15, 0.2) is 30.3 Å². The number of ether oxygens (including phenoxy) is 1. The normalized spacial score (nSPS) is 15.8. The van der Waals surface area contributed by atoms with Crippen molar-refractivity contribution in [3.05, 3.63) is 35.9 Å². The Morgan fingerprint density at radius 2 is 1.82 bits per heavy atom. The van der Waals surface area contributed by atoms with Gasteiger partial charge in [0.1, 0.15) is 0 Å². The van der Waals surface area contributed by atoms with Gasteiger partial charge in [0, 0.05) is 12.6 Å². The second-order valence-electron chi connectivity index (χ2n) is 4.47. The van der Waals surface area contributed by atoms with Gasteiger partial charge in [0.05, 0.1) is 13.2 Å². The van der Waals surface area contributed by atoms with E-state index in [4.69, 9.17) is 4.74 Å². The Hall–Kier alpha value is -0.570. The highest BCUT2D eigenvalue weighted by Gasteiger charge is 2.12. The molecular formula is C14H22ClNO. The number of rotatable bonds is 6. The molecule has 0 aromatic heterocycles. The third-order valence-electron chi connectivity index (χ3n) is 3.15. The minimum absolute atomic E-state index is 0. The molecule has 2 nitrogen and oxygen atoms in total. The lowest BCUT2D eigenvalue weighted by atomic mass is 10.2. The van der Waals surface area contributed by atoms with Gasteiger partial charge in [0.15, 0.2) is 0 Å². The summed E-state index contributed by atoms with van der Waals surface area (Å²) in [6.45, 7) is 2.52. The molecule has 1 saturated carbocycles. The number of benzene rings is 1. The van der Waals surface area contributed by atoms with E-state index in [2.05, 4.69) is 29.6 Å². The molecule has 0 spiro atoms. The molecule has 2 rings (SSSR count). The van der Waals surface area contributed by atoms with Crippen LogP contribution < -0.4 is 5.32 Å². The Bertz CT molecular complexity index is 286. The van der Waals surface area contributed by atoms with E-state index < -0.39 is 0 Å². The zero-order chi connectivity index (χ0) is 11.1. The predicted molar refractivity (Wildman–Crippen MR) is 73.6 cm³/mol. The number of hydrogen-bond acceptors (Lipinski definition) is 2. The van der Waals surface area contributed by atoms with Gasteiger partial charge >= 0.3 is 0 Å². The molecule has 1 N–H and O–H groups in total. The molecule has 0 unspecified atom stereocenters.